The average Bonchev–Trinajstić information content (AvgIpc) is 2.96. The Kier molecular flexibility index (Phi) is 5.73. The van der Waals surface area contributed by atoms with Crippen molar-refractivity contribution < 1.29 is 4.79 Å². The maximum absolute atomic E-state index is 12.1. The first-order chi connectivity index (χ1) is 13.5. The minimum absolute atomic E-state index is 0.259. The van der Waals surface area contributed by atoms with E-state index in [1.165, 1.54) is 18.4 Å². The molecule has 2 bridgehead atoms. The van der Waals surface area contributed by atoms with E-state index in [9.17, 15) is 4.79 Å². The van der Waals surface area contributed by atoms with Gasteiger partial charge in [0.25, 0.3) is 0 Å². The van der Waals surface area contributed by atoms with Crippen LogP contribution in [0.25, 0.3) is 0 Å². The van der Waals surface area contributed by atoms with Gasteiger partial charge < -0.3 is 4.90 Å². The highest BCUT2D eigenvalue weighted by atomic mass is 16.1. The average molecular weight is 385 g/mol. The number of anilines is 1. The first-order valence-electron chi connectivity index (χ1n) is 11.3. The third-order valence-electron chi connectivity index (χ3n) is 7.53. The Hall–Kier alpha value is -1.49. The third kappa shape index (κ3) is 3.70. The second-order valence-corrected chi connectivity index (χ2v) is 9.57. The van der Waals surface area contributed by atoms with Crippen molar-refractivity contribution in [1.29, 1.82) is 0 Å². The van der Waals surface area contributed by atoms with Gasteiger partial charge in [0.15, 0.2) is 0 Å². The van der Waals surface area contributed by atoms with Crippen LogP contribution in [0.4, 0.5) is 5.95 Å². The van der Waals surface area contributed by atoms with Crippen LogP contribution in [0.1, 0.15) is 77.7 Å². The summed E-state index contributed by atoms with van der Waals surface area (Å²) in [6, 6.07) is 1.73. The number of rotatable bonds is 5. The number of fused-ring (bicyclic) bond motifs is 2. The van der Waals surface area contributed by atoms with Gasteiger partial charge in [-0.3, -0.25) is 9.69 Å². The van der Waals surface area contributed by atoms with Crippen LogP contribution < -0.4 is 4.90 Å². The zero-order chi connectivity index (χ0) is 19.8. The number of carbonyl (C=O) groups is 1. The molecule has 2 saturated heterocycles. The molecule has 3 fully saturated rings. The molecule has 3 heterocycles. The molecule has 1 aromatic heterocycles. The van der Waals surface area contributed by atoms with Crippen molar-refractivity contribution in [2.45, 2.75) is 90.3 Å². The highest BCUT2D eigenvalue weighted by Gasteiger charge is 2.42. The van der Waals surface area contributed by atoms with Crippen molar-refractivity contribution in [3.05, 3.63) is 18.0 Å². The monoisotopic (exact) mass is 384 g/mol. The summed E-state index contributed by atoms with van der Waals surface area (Å²) in [6.07, 6.45) is 10.5. The van der Waals surface area contributed by atoms with Crippen molar-refractivity contribution in [3.8, 4) is 0 Å². The van der Waals surface area contributed by atoms with Crippen LogP contribution in [0, 0.1) is 11.8 Å². The Bertz CT molecular complexity index is 674. The van der Waals surface area contributed by atoms with Crippen LogP contribution >= 0.6 is 0 Å². The predicted molar refractivity (Wildman–Crippen MR) is 113 cm³/mol. The summed E-state index contributed by atoms with van der Waals surface area (Å²) < 4.78 is 0. The molecule has 1 aromatic rings. The number of ketones is 1. The highest BCUT2D eigenvalue weighted by molar-refractivity contribution is 5.81. The van der Waals surface area contributed by atoms with Crippen LogP contribution in [0.3, 0.4) is 0 Å². The quantitative estimate of drug-likeness (QED) is 0.767. The Morgan fingerprint density at radius 3 is 2.29 bits per heavy atom. The van der Waals surface area contributed by atoms with E-state index in [0.717, 1.165) is 38.3 Å². The van der Waals surface area contributed by atoms with E-state index in [1.807, 2.05) is 6.92 Å². The normalized spacial score (nSPS) is 33.5. The molecule has 0 aromatic carbocycles. The minimum atomic E-state index is 0.259. The summed E-state index contributed by atoms with van der Waals surface area (Å²) in [6.45, 7) is 11.1. The predicted octanol–water partition coefficient (Wildman–Crippen LogP) is 4.04. The van der Waals surface area contributed by atoms with Crippen LogP contribution in [0.15, 0.2) is 12.4 Å². The summed E-state index contributed by atoms with van der Waals surface area (Å²) >= 11 is 0. The van der Waals surface area contributed by atoms with E-state index < -0.39 is 0 Å². The number of carbonyl (C=O) groups excluding carboxylic acids is 1. The number of nitrogens with zero attached hydrogens (tertiary/aromatic N) is 4. The number of Topliss-reactive ketones (excluding diaryl/α,β-unsaturated/α-hetero) is 1. The minimum Gasteiger partial charge on any atom is -0.332 e. The molecule has 5 nitrogen and oxygen atoms in total. The van der Waals surface area contributed by atoms with Gasteiger partial charge in [-0.2, -0.15) is 0 Å². The standard InChI is InChI=1S/C23H36N4O/c1-5-22(28)21-9-6-17(10-16(21)4)18-11-24-23(25-12-18)27-19-7-8-20(27)14-26(13-19)15(2)3/h11-12,15-17,19-21H,5-10,13-14H2,1-4H3. The number of hydrogen-bond donors (Lipinski definition) is 0. The fraction of sp³-hybridized carbons (Fsp3) is 0.783. The summed E-state index contributed by atoms with van der Waals surface area (Å²) in [4.78, 5) is 26.9. The van der Waals surface area contributed by atoms with Gasteiger partial charge in [0.05, 0.1) is 0 Å². The van der Waals surface area contributed by atoms with Crippen LogP contribution in [-0.4, -0.2) is 51.9 Å². The van der Waals surface area contributed by atoms with Crippen molar-refractivity contribution >= 4 is 11.7 Å². The van der Waals surface area contributed by atoms with Crippen LogP contribution in [0.2, 0.25) is 0 Å². The van der Waals surface area contributed by atoms with E-state index >= 15 is 0 Å². The van der Waals surface area contributed by atoms with E-state index in [2.05, 4.69) is 43.0 Å². The van der Waals surface area contributed by atoms with Gasteiger partial charge in [0, 0.05) is 55.9 Å². The van der Waals surface area contributed by atoms with Crippen LogP contribution in [-0.2, 0) is 4.79 Å². The molecular formula is C23H36N4O. The largest absolute Gasteiger partial charge is 0.332 e. The zero-order valence-corrected chi connectivity index (χ0v) is 18.0. The summed E-state index contributed by atoms with van der Waals surface area (Å²) in [5.41, 5.74) is 1.26. The molecule has 4 rings (SSSR count). The third-order valence-corrected chi connectivity index (χ3v) is 7.53. The van der Waals surface area contributed by atoms with Gasteiger partial charge in [-0.1, -0.05) is 13.8 Å². The fourth-order valence-electron chi connectivity index (χ4n) is 5.80. The number of likely N-dealkylation sites (tertiary alicyclic amines) is 1. The molecule has 5 heteroatoms. The molecule has 154 valence electrons. The van der Waals surface area contributed by atoms with Crippen molar-refractivity contribution in [1.82, 2.24) is 14.9 Å². The Morgan fingerprint density at radius 2 is 1.75 bits per heavy atom. The molecule has 0 N–H and O–H groups in total. The SMILES string of the molecule is CCC(=O)C1CCC(c2cnc(N3C4CCC3CN(C(C)C)C4)nc2)CC1C. The van der Waals surface area contributed by atoms with Gasteiger partial charge in [0.2, 0.25) is 5.95 Å². The fourth-order valence-corrected chi connectivity index (χ4v) is 5.80. The van der Waals surface area contributed by atoms with Crippen molar-refractivity contribution in [3.63, 3.8) is 0 Å². The number of piperazine rings is 1. The molecule has 0 radical (unpaired) electrons. The van der Waals surface area contributed by atoms with Gasteiger partial charge in [-0.15, -0.1) is 0 Å². The maximum atomic E-state index is 12.1. The Balaban J connectivity index is 1.42. The first kappa shape index (κ1) is 19.8. The topological polar surface area (TPSA) is 49.3 Å². The molecule has 3 aliphatic rings. The summed E-state index contributed by atoms with van der Waals surface area (Å²) in [5, 5.41) is 0. The molecule has 1 aliphatic carbocycles. The lowest BCUT2D eigenvalue weighted by atomic mass is 9.71. The van der Waals surface area contributed by atoms with Gasteiger partial charge >= 0.3 is 0 Å². The maximum Gasteiger partial charge on any atom is 0.225 e. The Labute approximate surface area is 169 Å². The molecule has 2 aliphatic heterocycles. The van der Waals surface area contributed by atoms with Crippen molar-refractivity contribution in [2.24, 2.45) is 11.8 Å². The second kappa shape index (κ2) is 8.10. The second-order valence-electron chi connectivity index (χ2n) is 9.57. The summed E-state index contributed by atoms with van der Waals surface area (Å²) in [5.74, 6) is 2.58. The first-order valence-corrected chi connectivity index (χ1v) is 11.3. The zero-order valence-electron chi connectivity index (χ0n) is 18.0. The number of aromatic nitrogens is 2. The molecule has 0 amide bonds. The highest BCUT2D eigenvalue weighted by Crippen LogP contribution is 2.40. The van der Waals surface area contributed by atoms with E-state index in [4.69, 9.17) is 9.97 Å². The van der Waals surface area contributed by atoms with E-state index in [-0.39, 0.29) is 5.92 Å². The van der Waals surface area contributed by atoms with Crippen LogP contribution in [0.5, 0.6) is 0 Å². The van der Waals surface area contributed by atoms with Gasteiger partial charge in [-0.25, -0.2) is 9.97 Å². The summed E-state index contributed by atoms with van der Waals surface area (Å²) in [7, 11) is 0. The molecule has 1 saturated carbocycles. The van der Waals surface area contributed by atoms with Gasteiger partial charge in [0.1, 0.15) is 5.78 Å². The van der Waals surface area contributed by atoms with E-state index in [1.54, 1.807) is 0 Å². The lowest BCUT2D eigenvalue weighted by Crippen LogP contribution is -2.56. The molecule has 5 unspecified atom stereocenters. The van der Waals surface area contributed by atoms with Gasteiger partial charge in [-0.05, 0) is 63.4 Å². The van der Waals surface area contributed by atoms with Crippen molar-refractivity contribution in [2.75, 3.05) is 18.0 Å². The van der Waals surface area contributed by atoms with E-state index in [0.29, 0.717) is 42.2 Å². The lowest BCUT2D eigenvalue weighted by Gasteiger charge is -2.42. The lowest BCUT2D eigenvalue weighted by molar-refractivity contribution is -0.125. The molecule has 5 atom stereocenters. The molecule has 28 heavy (non-hydrogen) atoms. The molecule has 0 spiro atoms. The molecular weight excluding hydrogens is 348 g/mol. The smallest absolute Gasteiger partial charge is 0.225 e. The number of hydrogen-bond acceptors (Lipinski definition) is 5. The Morgan fingerprint density at radius 1 is 1.11 bits per heavy atom.